The first-order valence-corrected chi connectivity index (χ1v) is 6.27. The first kappa shape index (κ1) is 12.2. The number of methoxy groups -OCH3 is 1. The van der Waals surface area contributed by atoms with Gasteiger partial charge in [0.05, 0.1) is 7.11 Å². The standard InChI is InChI=1S/C13H16ClNO2/c1-17-12-5-3-2-4-10(12)9-15(11-6-7-11)13(16)8-14/h2-5,11H,6-9H2,1H3. The summed E-state index contributed by atoms with van der Waals surface area (Å²) < 4.78 is 5.29. The summed E-state index contributed by atoms with van der Waals surface area (Å²) in [6, 6.07) is 8.13. The molecule has 1 aromatic rings. The molecule has 1 saturated carbocycles. The Morgan fingerprint density at radius 2 is 2.18 bits per heavy atom. The Bertz CT molecular complexity index is 404. The maximum atomic E-state index is 11.8. The number of ether oxygens (including phenoxy) is 1. The van der Waals surface area contributed by atoms with E-state index in [2.05, 4.69) is 0 Å². The highest BCUT2D eigenvalue weighted by Crippen LogP contribution is 2.30. The first-order valence-electron chi connectivity index (χ1n) is 5.73. The lowest BCUT2D eigenvalue weighted by Crippen LogP contribution is -2.33. The number of hydrogen-bond acceptors (Lipinski definition) is 2. The molecule has 1 aliphatic rings. The minimum atomic E-state index is 0.0000674. The van der Waals surface area contributed by atoms with Crippen molar-refractivity contribution in [1.82, 2.24) is 4.90 Å². The average molecular weight is 254 g/mol. The summed E-state index contributed by atoms with van der Waals surface area (Å²) in [4.78, 5) is 13.6. The Morgan fingerprint density at radius 1 is 1.47 bits per heavy atom. The third-order valence-corrected chi connectivity index (χ3v) is 3.18. The van der Waals surface area contributed by atoms with E-state index in [-0.39, 0.29) is 11.8 Å². The van der Waals surface area contributed by atoms with Crippen LogP contribution in [0.25, 0.3) is 0 Å². The summed E-state index contributed by atoms with van der Waals surface area (Å²) >= 11 is 5.64. The van der Waals surface area contributed by atoms with Crippen molar-refractivity contribution in [1.29, 1.82) is 0 Å². The zero-order chi connectivity index (χ0) is 12.3. The van der Waals surface area contributed by atoms with E-state index >= 15 is 0 Å². The minimum Gasteiger partial charge on any atom is -0.496 e. The smallest absolute Gasteiger partial charge is 0.238 e. The SMILES string of the molecule is COc1ccccc1CN(C(=O)CCl)C1CC1. The Morgan fingerprint density at radius 3 is 2.76 bits per heavy atom. The van der Waals surface area contributed by atoms with Gasteiger partial charge in [0, 0.05) is 18.2 Å². The van der Waals surface area contributed by atoms with E-state index in [9.17, 15) is 4.79 Å². The number of nitrogens with zero attached hydrogens (tertiary/aromatic N) is 1. The van der Waals surface area contributed by atoms with E-state index in [4.69, 9.17) is 16.3 Å². The summed E-state index contributed by atoms with van der Waals surface area (Å²) in [5.74, 6) is 0.867. The Hall–Kier alpha value is -1.22. The second-order valence-electron chi connectivity index (χ2n) is 4.20. The summed E-state index contributed by atoms with van der Waals surface area (Å²) in [5.41, 5.74) is 1.03. The third kappa shape index (κ3) is 2.91. The molecule has 0 aromatic heterocycles. The molecule has 4 heteroatoms. The van der Waals surface area contributed by atoms with Gasteiger partial charge in [-0.3, -0.25) is 4.79 Å². The largest absolute Gasteiger partial charge is 0.496 e. The van der Waals surface area contributed by atoms with Crippen LogP contribution in [0.1, 0.15) is 18.4 Å². The van der Waals surface area contributed by atoms with Crippen molar-refractivity contribution in [3.05, 3.63) is 29.8 Å². The highest BCUT2D eigenvalue weighted by atomic mass is 35.5. The molecule has 3 nitrogen and oxygen atoms in total. The molecule has 0 N–H and O–H groups in total. The maximum Gasteiger partial charge on any atom is 0.238 e. The van der Waals surface area contributed by atoms with Crippen molar-refractivity contribution < 1.29 is 9.53 Å². The van der Waals surface area contributed by atoms with Crippen LogP contribution < -0.4 is 4.74 Å². The summed E-state index contributed by atoms with van der Waals surface area (Å²) in [6.07, 6.45) is 2.16. The van der Waals surface area contributed by atoms with E-state index in [1.54, 1.807) is 7.11 Å². The molecule has 1 amide bonds. The molecule has 0 aliphatic heterocycles. The van der Waals surface area contributed by atoms with Gasteiger partial charge in [0.1, 0.15) is 11.6 Å². The average Bonchev–Trinajstić information content (AvgIpc) is 3.19. The van der Waals surface area contributed by atoms with Crippen molar-refractivity contribution in [2.24, 2.45) is 0 Å². The predicted molar refractivity (Wildman–Crippen MR) is 67.3 cm³/mol. The summed E-state index contributed by atoms with van der Waals surface area (Å²) in [7, 11) is 1.64. The van der Waals surface area contributed by atoms with Crippen LogP contribution in [0.3, 0.4) is 0 Å². The summed E-state index contributed by atoms with van der Waals surface area (Å²) in [5, 5.41) is 0. The van der Waals surface area contributed by atoms with Gasteiger partial charge in [0.2, 0.25) is 5.91 Å². The van der Waals surface area contributed by atoms with Crippen LogP contribution in [-0.4, -0.2) is 29.8 Å². The molecule has 1 aliphatic carbocycles. The lowest BCUT2D eigenvalue weighted by molar-refractivity contribution is -0.129. The van der Waals surface area contributed by atoms with Gasteiger partial charge in [0.15, 0.2) is 0 Å². The van der Waals surface area contributed by atoms with Gasteiger partial charge in [-0.25, -0.2) is 0 Å². The van der Waals surface area contributed by atoms with Gasteiger partial charge in [-0.2, -0.15) is 0 Å². The minimum absolute atomic E-state index is 0.0000674. The number of halogens is 1. The molecule has 1 aromatic carbocycles. The van der Waals surface area contributed by atoms with E-state index in [0.29, 0.717) is 12.6 Å². The molecule has 0 heterocycles. The molecule has 17 heavy (non-hydrogen) atoms. The van der Waals surface area contributed by atoms with E-state index < -0.39 is 0 Å². The maximum absolute atomic E-state index is 11.8. The lowest BCUT2D eigenvalue weighted by Gasteiger charge is -2.22. The summed E-state index contributed by atoms with van der Waals surface area (Å²) in [6.45, 7) is 0.584. The number of alkyl halides is 1. The van der Waals surface area contributed by atoms with Crippen LogP contribution >= 0.6 is 11.6 Å². The molecule has 0 saturated heterocycles. The molecular weight excluding hydrogens is 238 g/mol. The molecule has 0 bridgehead atoms. The van der Waals surface area contributed by atoms with Crippen molar-refractivity contribution in [3.63, 3.8) is 0 Å². The second-order valence-corrected chi connectivity index (χ2v) is 4.47. The Balaban J connectivity index is 2.14. The highest BCUT2D eigenvalue weighted by Gasteiger charge is 2.32. The van der Waals surface area contributed by atoms with E-state index in [0.717, 1.165) is 24.2 Å². The van der Waals surface area contributed by atoms with Crippen LogP contribution in [-0.2, 0) is 11.3 Å². The van der Waals surface area contributed by atoms with Crippen LogP contribution in [0.2, 0.25) is 0 Å². The van der Waals surface area contributed by atoms with Gasteiger partial charge in [0.25, 0.3) is 0 Å². The van der Waals surface area contributed by atoms with Gasteiger partial charge in [-0.05, 0) is 18.9 Å². The van der Waals surface area contributed by atoms with Crippen molar-refractivity contribution in [2.45, 2.75) is 25.4 Å². The van der Waals surface area contributed by atoms with Crippen molar-refractivity contribution in [2.75, 3.05) is 13.0 Å². The third-order valence-electron chi connectivity index (χ3n) is 2.96. The normalized spacial score (nSPS) is 14.5. The number of rotatable bonds is 5. The molecule has 1 fully saturated rings. The van der Waals surface area contributed by atoms with Crippen LogP contribution in [0.5, 0.6) is 5.75 Å². The van der Waals surface area contributed by atoms with E-state index in [1.165, 1.54) is 0 Å². The predicted octanol–water partition coefficient (Wildman–Crippen LogP) is 2.43. The topological polar surface area (TPSA) is 29.5 Å². The Labute approximate surface area is 106 Å². The monoisotopic (exact) mass is 253 g/mol. The fourth-order valence-corrected chi connectivity index (χ4v) is 2.05. The number of carbonyl (C=O) groups is 1. The van der Waals surface area contributed by atoms with E-state index in [1.807, 2.05) is 29.2 Å². The Kier molecular flexibility index (Phi) is 3.89. The molecule has 0 spiro atoms. The highest BCUT2D eigenvalue weighted by molar-refractivity contribution is 6.27. The van der Waals surface area contributed by atoms with Gasteiger partial charge < -0.3 is 9.64 Å². The second kappa shape index (κ2) is 5.41. The molecular formula is C13H16ClNO2. The van der Waals surface area contributed by atoms with Crippen molar-refractivity contribution >= 4 is 17.5 Å². The fraction of sp³-hybridized carbons (Fsp3) is 0.462. The number of benzene rings is 1. The zero-order valence-electron chi connectivity index (χ0n) is 9.86. The molecule has 2 rings (SSSR count). The number of carbonyl (C=O) groups excluding carboxylic acids is 1. The van der Waals surface area contributed by atoms with Crippen molar-refractivity contribution in [3.8, 4) is 5.75 Å². The van der Waals surface area contributed by atoms with Crippen LogP contribution in [0, 0.1) is 0 Å². The van der Waals surface area contributed by atoms with Crippen LogP contribution in [0.15, 0.2) is 24.3 Å². The first-order chi connectivity index (χ1) is 8.26. The molecule has 0 atom stereocenters. The molecule has 0 radical (unpaired) electrons. The number of amides is 1. The number of hydrogen-bond donors (Lipinski definition) is 0. The molecule has 0 unspecified atom stereocenters. The van der Waals surface area contributed by atoms with Gasteiger partial charge in [-0.15, -0.1) is 11.6 Å². The number of para-hydroxylation sites is 1. The lowest BCUT2D eigenvalue weighted by atomic mass is 10.2. The fourth-order valence-electron chi connectivity index (χ4n) is 1.90. The molecule has 92 valence electrons. The van der Waals surface area contributed by atoms with Gasteiger partial charge in [-0.1, -0.05) is 18.2 Å². The van der Waals surface area contributed by atoms with Gasteiger partial charge >= 0.3 is 0 Å². The van der Waals surface area contributed by atoms with Crippen LogP contribution in [0.4, 0.5) is 0 Å². The quantitative estimate of drug-likeness (QED) is 0.755. The zero-order valence-corrected chi connectivity index (χ0v) is 10.6.